The molecular weight excluding hydrogens is 198 g/mol. The molecule has 1 N–H and O–H groups in total. The molecule has 0 unspecified atom stereocenters. The van der Waals surface area contributed by atoms with Crippen molar-refractivity contribution < 1.29 is 4.74 Å². The van der Waals surface area contributed by atoms with E-state index in [-0.39, 0.29) is 0 Å². The number of ether oxygens (including phenoxy) is 1. The van der Waals surface area contributed by atoms with Crippen LogP contribution in [0.1, 0.15) is 12.8 Å². The zero-order chi connectivity index (χ0) is 9.80. The highest BCUT2D eigenvalue weighted by Gasteiger charge is 2.13. The molecular formula is C11H14ClNO. The Labute approximate surface area is 89.2 Å². The molecule has 0 saturated carbocycles. The van der Waals surface area contributed by atoms with Gasteiger partial charge in [-0.15, -0.1) is 0 Å². The highest BCUT2D eigenvalue weighted by Crippen LogP contribution is 2.19. The second-order valence-electron chi connectivity index (χ2n) is 3.54. The molecule has 0 bridgehead atoms. The van der Waals surface area contributed by atoms with Crippen LogP contribution in [0.25, 0.3) is 0 Å². The first-order valence-electron chi connectivity index (χ1n) is 4.97. The molecule has 0 aromatic heterocycles. The lowest BCUT2D eigenvalue weighted by molar-refractivity contribution is 0.167. The normalized spacial score (nSPS) is 21.9. The summed E-state index contributed by atoms with van der Waals surface area (Å²) in [5.41, 5.74) is 0. The lowest BCUT2D eigenvalue weighted by Crippen LogP contribution is -2.37. The molecule has 1 heterocycles. The molecule has 1 fully saturated rings. The van der Waals surface area contributed by atoms with Crippen LogP contribution < -0.4 is 10.1 Å². The smallest absolute Gasteiger partial charge is 0.121 e. The first-order chi connectivity index (χ1) is 6.84. The first kappa shape index (κ1) is 9.81. The number of halogens is 1. The van der Waals surface area contributed by atoms with Gasteiger partial charge < -0.3 is 10.1 Å². The Morgan fingerprint density at radius 1 is 1.43 bits per heavy atom. The third-order valence-corrected chi connectivity index (χ3v) is 2.59. The molecule has 1 aliphatic heterocycles. The van der Waals surface area contributed by atoms with Gasteiger partial charge in [-0.1, -0.05) is 17.7 Å². The molecule has 0 radical (unpaired) electrons. The van der Waals surface area contributed by atoms with Gasteiger partial charge in [0.1, 0.15) is 11.9 Å². The van der Waals surface area contributed by atoms with E-state index in [9.17, 15) is 0 Å². The first-order valence-corrected chi connectivity index (χ1v) is 5.35. The predicted octanol–water partition coefficient (Wildman–Crippen LogP) is 2.47. The summed E-state index contributed by atoms with van der Waals surface area (Å²) in [6.07, 6.45) is 2.60. The maximum absolute atomic E-state index is 5.87. The molecule has 2 nitrogen and oxygen atoms in total. The number of hydrogen-bond acceptors (Lipinski definition) is 2. The topological polar surface area (TPSA) is 21.3 Å². The largest absolute Gasteiger partial charge is 0.489 e. The molecule has 0 amide bonds. The second kappa shape index (κ2) is 4.67. The maximum Gasteiger partial charge on any atom is 0.121 e. The van der Waals surface area contributed by atoms with Crippen LogP contribution in [-0.4, -0.2) is 19.2 Å². The van der Waals surface area contributed by atoms with Gasteiger partial charge in [-0.25, -0.2) is 0 Å². The molecule has 1 atom stereocenters. The summed E-state index contributed by atoms with van der Waals surface area (Å²) in [5.74, 6) is 0.867. The van der Waals surface area contributed by atoms with E-state index < -0.39 is 0 Å². The SMILES string of the molecule is Clc1cccc(O[C@H]2CCCNC2)c1. The molecule has 2 rings (SSSR count). The molecule has 1 aromatic rings. The minimum atomic E-state index is 0.294. The van der Waals surface area contributed by atoms with Crippen LogP contribution in [0.15, 0.2) is 24.3 Å². The van der Waals surface area contributed by atoms with Gasteiger partial charge in [0.25, 0.3) is 0 Å². The van der Waals surface area contributed by atoms with E-state index in [0.29, 0.717) is 6.10 Å². The average Bonchev–Trinajstić information content (AvgIpc) is 2.19. The number of rotatable bonds is 2. The Morgan fingerprint density at radius 2 is 2.36 bits per heavy atom. The molecule has 1 aromatic carbocycles. The highest BCUT2D eigenvalue weighted by atomic mass is 35.5. The zero-order valence-corrected chi connectivity index (χ0v) is 8.76. The van der Waals surface area contributed by atoms with E-state index in [2.05, 4.69) is 5.32 Å². The quantitative estimate of drug-likeness (QED) is 0.812. The van der Waals surface area contributed by atoms with E-state index in [1.807, 2.05) is 24.3 Å². The lowest BCUT2D eigenvalue weighted by atomic mass is 10.1. The van der Waals surface area contributed by atoms with Gasteiger partial charge in [-0.3, -0.25) is 0 Å². The van der Waals surface area contributed by atoms with Crippen molar-refractivity contribution in [1.82, 2.24) is 5.32 Å². The van der Waals surface area contributed by atoms with E-state index in [0.717, 1.165) is 30.3 Å². The maximum atomic E-state index is 5.87. The van der Waals surface area contributed by atoms with Gasteiger partial charge in [0.15, 0.2) is 0 Å². The van der Waals surface area contributed by atoms with Crippen LogP contribution in [-0.2, 0) is 0 Å². The number of benzene rings is 1. The van der Waals surface area contributed by atoms with Crippen molar-refractivity contribution in [1.29, 1.82) is 0 Å². The third-order valence-electron chi connectivity index (χ3n) is 2.35. The highest BCUT2D eigenvalue weighted by molar-refractivity contribution is 6.30. The fourth-order valence-electron chi connectivity index (χ4n) is 1.65. The van der Waals surface area contributed by atoms with Gasteiger partial charge in [0, 0.05) is 11.6 Å². The third kappa shape index (κ3) is 2.63. The van der Waals surface area contributed by atoms with Gasteiger partial charge in [0.2, 0.25) is 0 Å². The number of hydrogen-bond donors (Lipinski definition) is 1. The Morgan fingerprint density at radius 3 is 3.07 bits per heavy atom. The molecule has 76 valence electrons. The fraction of sp³-hybridized carbons (Fsp3) is 0.455. The molecule has 1 aliphatic rings. The monoisotopic (exact) mass is 211 g/mol. The van der Waals surface area contributed by atoms with Crippen LogP contribution in [0.4, 0.5) is 0 Å². The summed E-state index contributed by atoms with van der Waals surface area (Å²) in [4.78, 5) is 0. The second-order valence-corrected chi connectivity index (χ2v) is 3.98. The fourth-order valence-corrected chi connectivity index (χ4v) is 1.83. The van der Waals surface area contributed by atoms with Crippen molar-refractivity contribution in [2.45, 2.75) is 18.9 Å². The van der Waals surface area contributed by atoms with Crippen molar-refractivity contribution in [2.75, 3.05) is 13.1 Å². The predicted molar refractivity (Wildman–Crippen MR) is 58.0 cm³/mol. The standard InChI is InChI=1S/C11H14ClNO/c12-9-3-1-4-10(7-9)14-11-5-2-6-13-8-11/h1,3-4,7,11,13H,2,5-6,8H2/t11-/m0/s1. The molecule has 0 spiro atoms. The Hall–Kier alpha value is -0.730. The summed E-state index contributed by atoms with van der Waals surface area (Å²) in [5, 5.41) is 4.04. The zero-order valence-electron chi connectivity index (χ0n) is 8.00. The van der Waals surface area contributed by atoms with Crippen molar-refractivity contribution in [3.63, 3.8) is 0 Å². The van der Waals surface area contributed by atoms with Gasteiger partial charge in [0.05, 0.1) is 0 Å². The lowest BCUT2D eigenvalue weighted by Gasteiger charge is -2.23. The van der Waals surface area contributed by atoms with E-state index >= 15 is 0 Å². The summed E-state index contributed by atoms with van der Waals surface area (Å²) in [6.45, 7) is 2.04. The van der Waals surface area contributed by atoms with Crippen LogP contribution in [0.2, 0.25) is 5.02 Å². The molecule has 3 heteroatoms. The summed E-state index contributed by atoms with van der Waals surface area (Å²) in [6, 6.07) is 7.57. The van der Waals surface area contributed by atoms with E-state index in [1.165, 1.54) is 6.42 Å². The molecule has 14 heavy (non-hydrogen) atoms. The van der Waals surface area contributed by atoms with Gasteiger partial charge in [-0.05, 0) is 37.6 Å². The van der Waals surface area contributed by atoms with Crippen LogP contribution in [0.5, 0.6) is 5.75 Å². The van der Waals surface area contributed by atoms with Crippen molar-refractivity contribution in [3.8, 4) is 5.75 Å². The minimum Gasteiger partial charge on any atom is -0.489 e. The van der Waals surface area contributed by atoms with Crippen LogP contribution >= 0.6 is 11.6 Å². The summed E-state index contributed by atoms with van der Waals surface area (Å²) < 4.78 is 5.79. The van der Waals surface area contributed by atoms with Crippen LogP contribution in [0.3, 0.4) is 0 Å². The van der Waals surface area contributed by atoms with Gasteiger partial charge >= 0.3 is 0 Å². The average molecular weight is 212 g/mol. The number of piperidine rings is 1. The van der Waals surface area contributed by atoms with Gasteiger partial charge in [-0.2, -0.15) is 0 Å². The Balaban J connectivity index is 1.95. The van der Waals surface area contributed by atoms with Crippen molar-refractivity contribution in [3.05, 3.63) is 29.3 Å². The van der Waals surface area contributed by atoms with Crippen molar-refractivity contribution >= 4 is 11.6 Å². The summed E-state index contributed by atoms with van der Waals surface area (Å²) >= 11 is 5.87. The van der Waals surface area contributed by atoms with Crippen LogP contribution in [0, 0.1) is 0 Å². The van der Waals surface area contributed by atoms with E-state index in [4.69, 9.17) is 16.3 Å². The molecule has 0 aliphatic carbocycles. The Bertz CT molecular complexity index is 297. The molecule has 1 saturated heterocycles. The van der Waals surface area contributed by atoms with Crippen molar-refractivity contribution in [2.24, 2.45) is 0 Å². The minimum absolute atomic E-state index is 0.294. The van der Waals surface area contributed by atoms with E-state index in [1.54, 1.807) is 0 Å². The Kier molecular flexibility index (Phi) is 3.27. The number of nitrogens with one attached hydrogen (secondary N) is 1. The summed E-state index contributed by atoms with van der Waals surface area (Å²) in [7, 11) is 0.